The molecule has 0 aliphatic rings. The standard InChI is InChI=1S/C14H21BrFNO2/c1-14(2,3)17-8-11(9-18-4)19-10-5-6-13(16)12(15)7-10/h5-7,11,17H,8-9H2,1-4H3. The Morgan fingerprint density at radius 3 is 2.58 bits per heavy atom. The molecule has 1 rings (SSSR count). The summed E-state index contributed by atoms with van der Waals surface area (Å²) in [7, 11) is 1.63. The molecule has 0 bridgehead atoms. The molecule has 1 N–H and O–H groups in total. The first-order valence-corrected chi connectivity index (χ1v) is 6.97. The Kier molecular flexibility index (Phi) is 6.23. The zero-order valence-corrected chi connectivity index (χ0v) is 13.4. The van der Waals surface area contributed by atoms with E-state index in [1.165, 1.54) is 6.07 Å². The van der Waals surface area contributed by atoms with Gasteiger partial charge in [0.25, 0.3) is 0 Å². The highest BCUT2D eigenvalue weighted by molar-refractivity contribution is 9.10. The average molecular weight is 334 g/mol. The minimum absolute atomic E-state index is 0.0126. The summed E-state index contributed by atoms with van der Waals surface area (Å²) in [5.41, 5.74) is 0.0126. The summed E-state index contributed by atoms with van der Waals surface area (Å²) in [4.78, 5) is 0. The van der Waals surface area contributed by atoms with Gasteiger partial charge in [0, 0.05) is 19.2 Å². The number of rotatable bonds is 6. The number of halogens is 2. The lowest BCUT2D eigenvalue weighted by molar-refractivity contribution is 0.0764. The van der Waals surface area contributed by atoms with E-state index in [2.05, 4.69) is 42.0 Å². The van der Waals surface area contributed by atoms with E-state index in [0.29, 0.717) is 23.4 Å². The minimum atomic E-state index is -0.302. The Labute approximate surface area is 122 Å². The maximum absolute atomic E-state index is 13.1. The topological polar surface area (TPSA) is 30.5 Å². The van der Waals surface area contributed by atoms with Gasteiger partial charge in [-0.05, 0) is 54.9 Å². The summed E-state index contributed by atoms with van der Waals surface area (Å²) < 4.78 is 24.5. The van der Waals surface area contributed by atoms with Crippen LogP contribution in [-0.2, 0) is 4.74 Å². The van der Waals surface area contributed by atoms with E-state index in [-0.39, 0.29) is 17.5 Å². The molecule has 0 aromatic heterocycles. The van der Waals surface area contributed by atoms with Gasteiger partial charge < -0.3 is 14.8 Å². The predicted molar refractivity (Wildman–Crippen MR) is 78.1 cm³/mol. The lowest BCUT2D eigenvalue weighted by atomic mass is 10.1. The van der Waals surface area contributed by atoms with Gasteiger partial charge in [0.05, 0.1) is 11.1 Å². The number of methoxy groups -OCH3 is 1. The van der Waals surface area contributed by atoms with Crippen LogP contribution < -0.4 is 10.1 Å². The summed E-state index contributed by atoms with van der Waals surface area (Å²) in [6, 6.07) is 4.61. The summed E-state index contributed by atoms with van der Waals surface area (Å²) in [6.45, 7) is 7.40. The van der Waals surface area contributed by atoms with Gasteiger partial charge in [-0.2, -0.15) is 0 Å². The van der Waals surface area contributed by atoms with Crippen LogP contribution in [-0.4, -0.2) is 31.9 Å². The second-order valence-corrected chi connectivity index (χ2v) is 6.26. The molecular weight excluding hydrogens is 313 g/mol. The molecule has 5 heteroatoms. The molecule has 0 aliphatic carbocycles. The fourth-order valence-corrected chi connectivity index (χ4v) is 1.84. The van der Waals surface area contributed by atoms with Crippen LogP contribution in [0, 0.1) is 5.82 Å². The highest BCUT2D eigenvalue weighted by Crippen LogP contribution is 2.22. The van der Waals surface area contributed by atoms with Crippen LogP contribution in [0.25, 0.3) is 0 Å². The fourth-order valence-electron chi connectivity index (χ4n) is 1.48. The smallest absolute Gasteiger partial charge is 0.137 e. The molecule has 3 nitrogen and oxygen atoms in total. The van der Waals surface area contributed by atoms with Gasteiger partial charge in [0.2, 0.25) is 0 Å². The number of ether oxygens (including phenoxy) is 2. The van der Waals surface area contributed by atoms with E-state index < -0.39 is 0 Å². The van der Waals surface area contributed by atoms with Gasteiger partial charge in [0.15, 0.2) is 0 Å². The lowest BCUT2D eigenvalue weighted by Crippen LogP contribution is -2.44. The van der Waals surface area contributed by atoms with Crippen molar-refractivity contribution in [3.05, 3.63) is 28.5 Å². The van der Waals surface area contributed by atoms with Crippen LogP contribution in [0.4, 0.5) is 4.39 Å². The molecule has 1 aromatic carbocycles. The molecule has 0 saturated carbocycles. The van der Waals surface area contributed by atoms with Gasteiger partial charge in [-0.1, -0.05) is 0 Å². The largest absolute Gasteiger partial charge is 0.487 e. The molecule has 1 aromatic rings. The zero-order chi connectivity index (χ0) is 14.5. The molecule has 0 amide bonds. The molecule has 0 aliphatic heterocycles. The first kappa shape index (κ1) is 16.4. The first-order valence-electron chi connectivity index (χ1n) is 6.17. The summed E-state index contributed by atoms with van der Waals surface area (Å²) in [6.07, 6.45) is -0.124. The van der Waals surface area contributed by atoms with E-state index in [1.807, 2.05) is 0 Å². The molecule has 0 spiro atoms. The van der Waals surface area contributed by atoms with Crippen LogP contribution in [0.1, 0.15) is 20.8 Å². The predicted octanol–water partition coefficient (Wildman–Crippen LogP) is 3.37. The number of nitrogens with one attached hydrogen (secondary N) is 1. The quantitative estimate of drug-likeness (QED) is 0.865. The van der Waals surface area contributed by atoms with Crippen molar-refractivity contribution in [3.63, 3.8) is 0 Å². The van der Waals surface area contributed by atoms with Crippen molar-refractivity contribution in [1.82, 2.24) is 5.32 Å². The second kappa shape index (κ2) is 7.22. The molecule has 1 unspecified atom stereocenters. The highest BCUT2D eigenvalue weighted by Gasteiger charge is 2.16. The maximum atomic E-state index is 13.1. The maximum Gasteiger partial charge on any atom is 0.137 e. The number of benzene rings is 1. The van der Waals surface area contributed by atoms with Crippen molar-refractivity contribution >= 4 is 15.9 Å². The summed E-state index contributed by atoms with van der Waals surface area (Å²) >= 11 is 3.14. The van der Waals surface area contributed by atoms with Gasteiger partial charge in [-0.3, -0.25) is 0 Å². The Morgan fingerprint density at radius 1 is 1.37 bits per heavy atom. The molecule has 19 heavy (non-hydrogen) atoms. The molecule has 0 radical (unpaired) electrons. The molecule has 0 saturated heterocycles. The number of hydrogen-bond acceptors (Lipinski definition) is 3. The van der Waals surface area contributed by atoms with Crippen molar-refractivity contribution in [3.8, 4) is 5.75 Å². The molecule has 0 fully saturated rings. The SMILES string of the molecule is COCC(CNC(C)(C)C)Oc1ccc(F)c(Br)c1. The molecule has 108 valence electrons. The normalized spacial score (nSPS) is 13.4. The fraction of sp³-hybridized carbons (Fsp3) is 0.571. The first-order chi connectivity index (χ1) is 8.81. The van der Waals surface area contributed by atoms with Crippen molar-refractivity contribution in [2.75, 3.05) is 20.3 Å². The van der Waals surface area contributed by atoms with Crippen LogP contribution in [0.15, 0.2) is 22.7 Å². The average Bonchev–Trinajstić information content (AvgIpc) is 2.30. The van der Waals surface area contributed by atoms with Crippen LogP contribution in [0.5, 0.6) is 5.75 Å². The molecule has 0 heterocycles. The van der Waals surface area contributed by atoms with E-state index in [9.17, 15) is 4.39 Å². The lowest BCUT2D eigenvalue weighted by Gasteiger charge is -2.25. The Hall–Kier alpha value is -0.650. The minimum Gasteiger partial charge on any atom is -0.487 e. The van der Waals surface area contributed by atoms with Gasteiger partial charge in [0.1, 0.15) is 17.7 Å². The summed E-state index contributed by atoms with van der Waals surface area (Å²) in [5.74, 6) is 0.314. The second-order valence-electron chi connectivity index (χ2n) is 5.40. The van der Waals surface area contributed by atoms with Gasteiger partial charge in [-0.15, -0.1) is 0 Å². The Balaban J connectivity index is 2.64. The van der Waals surface area contributed by atoms with Crippen LogP contribution >= 0.6 is 15.9 Å². The van der Waals surface area contributed by atoms with E-state index >= 15 is 0 Å². The van der Waals surface area contributed by atoms with Crippen molar-refractivity contribution < 1.29 is 13.9 Å². The Morgan fingerprint density at radius 2 is 2.05 bits per heavy atom. The van der Waals surface area contributed by atoms with E-state index in [0.717, 1.165) is 0 Å². The zero-order valence-electron chi connectivity index (χ0n) is 11.8. The third-order valence-corrected chi connectivity index (χ3v) is 3.01. The van der Waals surface area contributed by atoms with Crippen LogP contribution in [0.3, 0.4) is 0 Å². The summed E-state index contributed by atoms with van der Waals surface area (Å²) in [5, 5.41) is 3.36. The van der Waals surface area contributed by atoms with Crippen molar-refractivity contribution in [1.29, 1.82) is 0 Å². The van der Waals surface area contributed by atoms with Crippen LogP contribution in [0.2, 0.25) is 0 Å². The van der Waals surface area contributed by atoms with Gasteiger partial charge in [-0.25, -0.2) is 4.39 Å². The highest BCUT2D eigenvalue weighted by atomic mass is 79.9. The molecule has 1 atom stereocenters. The van der Waals surface area contributed by atoms with Gasteiger partial charge >= 0.3 is 0 Å². The van der Waals surface area contributed by atoms with E-state index in [4.69, 9.17) is 9.47 Å². The van der Waals surface area contributed by atoms with Crippen molar-refractivity contribution in [2.45, 2.75) is 32.4 Å². The third-order valence-electron chi connectivity index (χ3n) is 2.41. The molecular formula is C14H21BrFNO2. The third kappa shape index (κ3) is 6.36. The monoisotopic (exact) mass is 333 g/mol. The van der Waals surface area contributed by atoms with E-state index in [1.54, 1.807) is 19.2 Å². The Bertz CT molecular complexity index is 407. The van der Waals surface area contributed by atoms with Crippen molar-refractivity contribution in [2.24, 2.45) is 0 Å². The number of hydrogen-bond donors (Lipinski definition) is 1.